The number of likely N-dealkylation sites (tertiary alicyclic amines) is 1. The second kappa shape index (κ2) is 8.89. The number of ether oxygens (including phenoxy) is 2. The average Bonchev–Trinajstić information content (AvgIpc) is 3.09. The molecule has 1 fully saturated rings. The number of nitrogens with one attached hydrogen (secondary N) is 1. The van der Waals surface area contributed by atoms with Gasteiger partial charge in [-0.2, -0.15) is 0 Å². The highest BCUT2D eigenvalue weighted by Crippen LogP contribution is 2.28. The number of hydrogen-bond donors (Lipinski definition) is 1. The number of methoxy groups -OCH3 is 2. The smallest absolute Gasteiger partial charge is 0.229 e. The molecule has 0 aromatic heterocycles. The van der Waals surface area contributed by atoms with Gasteiger partial charge in [-0.05, 0) is 36.2 Å². The van der Waals surface area contributed by atoms with E-state index in [4.69, 9.17) is 9.47 Å². The third-order valence-corrected chi connectivity index (χ3v) is 4.89. The molecule has 1 aliphatic rings. The fourth-order valence-corrected chi connectivity index (χ4v) is 3.29. The van der Waals surface area contributed by atoms with E-state index in [1.54, 1.807) is 25.2 Å². The van der Waals surface area contributed by atoms with Crippen molar-refractivity contribution < 1.29 is 27.8 Å². The van der Waals surface area contributed by atoms with Gasteiger partial charge in [0.2, 0.25) is 11.8 Å². The van der Waals surface area contributed by atoms with Gasteiger partial charge < -0.3 is 19.7 Å². The molecule has 2 aromatic rings. The molecule has 2 aromatic carbocycles. The first kappa shape index (κ1) is 20.6. The van der Waals surface area contributed by atoms with Crippen molar-refractivity contribution in [3.8, 4) is 11.5 Å². The second-order valence-corrected chi connectivity index (χ2v) is 6.79. The van der Waals surface area contributed by atoms with Crippen LogP contribution in [-0.4, -0.2) is 44.0 Å². The van der Waals surface area contributed by atoms with Crippen molar-refractivity contribution in [1.29, 1.82) is 0 Å². The first-order valence-electron chi connectivity index (χ1n) is 9.16. The van der Waals surface area contributed by atoms with E-state index in [9.17, 15) is 18.4 Å². The summed E-state index contributed by atoms with van der Waals surface area (Å²) in [4.78, 5) is 26.3. The van der Waals surface area contributed by atoms with Gasteiger partial charge in [0.05, 0.1) is 25.8 Å². The Balaban J connectivity index is 1.58. The van der Waals surface area contributed by atoms with Crippen LogP contribution in [0.2, 0.25) is 0 Å². The highest BCUT2D eigenvalue weighted by Gasteiger charge is 2.34. The van der Waals surface area contributed by atoms with Crippen molar-refractivity contribution in [2.75, 3.05) is 32.6 Å². The largest absolute Gasteiger partial charge is 0.493 e. The van der Waals surface area contributed by atoms with E-state index in [-0.39, 0.29) is 24.6 Å². The number of amides is 2. The molecular formula is C21H22F2N2O4. The van der Waals surface area contributed by atoms with Crippen LogP contribution >= 0.6 is 0 Å². The van der Waals surface area contributed by atoms with E-state index in [2.05, 4.69) is 5.32 Å². The molecule has 2 amide bonds. The summed E-state index contributed by atoms with van der Waals surface area (Å²) in [7, 11) is 3.11. The van der Waals surface area contributed by atoms with E-state index < -0.39 is 23.5 Å². The standard InChI is InChI=1S/C21H22F2N2O4/c1-28-18-6-3-13(9-19(18)29-2)7-8-25-12-14(10-20(25)26)21(27)24-17-11-15(22)4-5-16(17)23/h3-6,9,11,14H,7-8,10,12H2,1-2H3,(H,24,27)/t14-/m0/s1. The van der Waals surface area contributed by atoms with E-state index >= 15 is 0 Å². The monoisotopic (exact) mass is 404 g/mol. The highest BCUT2D eigenvalue weighted by atomic mass is 19.1. The van der Waals surface area contributed by atoms with Gasteiger partial charge in [-0.3, -0.25) is 9.59 Å². The topological polar surface area (TPSA) is 67.9 Å². The lowest BCUT2D eigenvalue weighted by molar-refractivity contribution is -0.128. The van der Waals surface area contributed by atoms with Gasteiger partial charge in [0, 0.05) is 25.6 Å². The molecule has 1 heterocycles. The Morgan fingerprint density at radius 1 is 1.14 bits per heavy atom. The summed E-state index contributed by atoms with van der Waals surface area (Å²) in [6.45, 7) is 0.668. The van der Waals surface area contributed by atoms with Gasteiger partial charge in [-0.15, -0.1) is 0 Å². The molecule has 0 bridgehead atoms. The lowest BCUT2D eigenvalue weighted by Crippen LogP contribution is -2.30. The Kier molecular flexibility index (Phi) is 6.31. The minimum absolute atomic E-state index is 0.0364. The molecule has 0 radical (unpaired) electrons. The maximum Gasteiger partial charge on any atom is 0.229 e. The van der Waals surface area contributed by atoms with Gasteiger partial charge in [0.1, 0.15) is 11.6 Å². The van der Waals surface area contributed by atoms with Crippen LogP contribution in [0.5, 0.6) is 11.5 Å². The minimum Gasteiger partial charge on any atom is -0.493 e. The van der Waals surface area contributed by atoms with Crippen molar-refractivity contribution in [2.45, 2.75) is 12.8 Å². The van der Waals surface area contributed by atoms with Crippen LogP contribution in [0, 0.1) is 17.6 Å². The molecule has 0 spiro atoms. The predicted octanol–water partition coefficient (Wildman–Crippen LogP) is 3.01. The summed E-state index contributed by atoms with van der Waals surface area (Å²) >= 11 is 0. The van der Waals surface area contributed by atoms with Crippen molar-refractivity contribution in [3.63, 3.8) is 0 Å². The van der Waals surface area contributed by atoms with Crippen LogP contribution in [0.1, 0.15) is 12.0 Å². The normalized spacial score (nSPS) is 16.1. The first-order valence-corrected chi connectivity index (χ1v) is 9.16. The number of nitrogens with zero attached hydrogens (tertiary/aromatic N) is 1. The van der Waals surface area contributed by atoms with Crippen LogP contribution < -0.4 is 14.8 Å². The zero-order valence-electron chi connectivity index (χ0n) is 16.2. The lowest BCUT2D eigenvalue weighted by Gasteiger charge is -2.17. The molecule has 29 heavy (non-hydrogen) atoms. The Morgan fingerprint density at radius 2 is 1.90 bits per heavy atom. The third kappa shape index (κ3) is 4.82. The van der Waals surface area contributed by atoms with Gasteiger partial charge >= 0.3 is 0 Å². The number of hydrogen-bond acceptors (Lipinski definition) is 4. The van der Waals surface area contributed by atoms with Gasteiger partial charge in [0.25, 0.3) is 0 Å². The Morgan fingerprint density at radius 3 is 2.62 bits per heavy atom. The SMILES string of the molecule is COc1ccc(CCN2C[C@@H](C(=O)Nc3cc(F)ccc3F)CC2=O)cc1OC. The first-order chi connectivity index (χ1) is 13.9. The van der Waals surface area contributed by atoms with Crippen LogP contribution in [0.3, 0.4) is 0 Å². The second-order valence-electron chi connectivity index (χ2n) is 6.79. The summed E-state index contributed by atoms with van der Waals surface area (Å²) < 4.78 is 37.5. The Bertz CT molecular complexity index is 920. The summed E-state index contributed by atoms with van der Waals surface area (Å²) in [6, 6.07) is 8.36. The Hall–Kier alpha value is -3.16. The van der Waals surface area contributed by atoms with Crippen LogP contribution in [-0.2, 0) is 16.0 Å². The van der Waals surface area contributed by atoms with Gasteiger partial charge in [-0.1, -0.05) is 6.07 Å². The molecule has 0 unspecified atom stereocenters. The number of carbonyl (C=O) groups excluding carboxylic acids is 2. The number of halogens is 2. The quantitative estimate of drug-likeness (QED) is 0.770. The summed E-state index contributed by atoms with van der Waals surface area (Å²) in [5.41, 5.74) is 0.733. The molecule has 1 N–H and O–H groups in total. The maximum absolute atomic E-state index is 13.7. The summed E-state index contributed by atoms with van der Waals surface area (Å²) in [6.07, 6.45) is 0.619. The molecule has 1 atom stereocenters. The average molecular weight is 404 g/mol. The molecule has 6 nitrogen and oxygen atoms in total. The fourth-order valence-electron chi connectivity index (χ4n) is 3.29. The predicted molar refractivity (Wildman–Crippen MR) is 103 cm³/mol. The number of rotatable bonds is 7. The Labute approximate surface area is 167 Å². The lowest BCUT2D eigenvalue weighted by atomic mass is 10.1. The molecular weight excluding hydrogens is 382 g/mol. The molecule has 8 heteroatoms. The fraction of sp³-hybridized carbons (Fsp3) is 0.333. The van der Waals surface area contributed by atoms with Crippen molar-refractivity contribution >= 4 is 17.5 Å². The summed E-state index contributed by atoms with van der Waals surface area (Å²) in [5.74, 6) is -1.42. The number of benzene rings is 2. The number of anilines is 1. The number of carbonyl (C=O) groups is 2. The van der Waals surface area contributed by atoms with Crippen LogP contribution in [0.4, 0.5) is 14.5 Å². The van der Waals surface area contributed by atoms with E-state index in [1.165, 1.54) is 0 Å². The molecule has 3 rings (SSSR count). The highest BCUT2D eigenvalue weighted by molar-refractivity contribution is 5.97. The third-order valence-electron chi connectivity index (χ3n) is 4.89. The maximum atomic E-state index is 13.7. The van der Waals surface area contributed by atoms with E-state index in [1.807, 2.05) is 12.1 Å². The zero-order chi connectivity index (χ0) is 21.0. The van der Waals surface area contributed by atoms with Crippen LogP contribution in [0.25, 0.3) is 0 Å². The van der Waals surface area contributed by atoms with Crippen LogP contribution in [0.15, 0.2) is 36.4 Å². The molecule has 154 valence electrons. The van der Waals surface area contributed by atoms with E-state index in [0.29, 0.717) is 24.5 Å². The zero-order valence-corrected chi connectivity index (χ0v) is 16.2. The van der Waals surface area contributed by atoms with E-state index in [0.717, 1.165) is 23.8 Å². The minimum atomic E-state index is -0.727. The molecule has 0 saturated carbocycles. The molecule has 1 saturated heterocycles. The van der Waals surface area contributed by atoms with Gasteiger partial charge in [0.15, 0.2) is 11.5 Å². The van der Waals surface area contributed by atoms with Crippen molar-refractivity contribution in [2.24, 2.45) is 5.92 Å². The van der Waals surface area contributed by atoms with Crippen molar-refractivity contribution in [3.05, 3.63) is 53.6 Å². The molecule has 0 aliphatic carbocycles. The van der Waals surface area contributed by atoms with Crippen molar-refractivity contribution in [1.82, 2.24) is 4.90 Å². The van der Waals surface area contributed by atoms with Gasteiger partial charge in [-0.25, -0.2) is 8.78 Å². The summed E-state index contributed by atoms with van der Waals surface area (Å²) in [5, 5.41) is 2.37. The molecule has 1 aliphatic heterocycles.